The Morgan fingerprint density at radius 3 is 2.32 bits per heavy atom. The number of hydrogen-bond donors (Lipinski definition) is 2. The van der Waals surface area contributed by atoms with Crippen LogP contribution in [0.4, 0.5) is 0 Å². The quantitative estimate of drug-likeness (QED) is 0.680. The SMILES string of the molecule is O=C(NCC1CCNCC1)c1ccccc1-c1cccc(-c2ccccc2)c1. The van der Waals surface area contributed by atoms with Crippen LogP contribution >= 0.6 is 0 Å². The number of nitrogens with one attached hydrogen (secondary N) is 2. The summed E-state index contributed by atoms with van der Waals surface area (Å²) in [6, 6.07) is 26.6. The van der Waals surface area contributed by atoms with E-state index in [0.29, 0.717) is 5.92 Å². The Balaban J connectivity index is 1.57. The highest BCUT2D eigenvalue weighted by Gasteiger charge is 2.17. The predicted octanol–water partition coefficient (Wildman–Crippen LogP) is 4.75. The molecular formula is C25H26N2O. The molecule has 0 radical (unpaired) electrons. The first kappa shape index (κ1) is 18.5. The van der Waals surface area contributed by atoms with E-state index < -0.39 is 0 Å². The molecule has 3 aromatic rings. The number of benzene rings is 3. The van der Waals surface area contributed by atoms with Gasteiger partial charge in [-0.2, -0.15) is 0 Å². The largest absolute Gasteiger partial charge is 0.352 e. The highest BCUT2D eigenvalue weighted by molar-refractivity contribution is 6.01. The van der Waals surface area contributed by atoms with Crippen molar-refractivity contribution in [2.75, 3.05) is 19.6 Å². The molecule has 1 amide bonds. The summed E-state index contributed by atoms with van der Waals surface area (Å²) in [5, 5.41) is 6.53. The van der Waals surface area contributed by atoms with Gasteiger partial charge in [0.15, 0.2) is 0 Å². The van der Waals surface area contributed by atoms with Gasteiger partial charge in [-0.15, -0.1) is 0 Å². The van der Waals surface area contributed by atoms with E-state index in [-0.39, 0.29) is 5.91 Å². The van der Waals surface area contributed by atoms with Gasteiger partial charge in [0.25, 0.3) is 5.91 Å². The molecular weight excluding hydrogens is 344 g/mol. The van der Waals surface area contributed by atoms with E-state index >= 15 is 0 Å². The lowest BCUT2D eigenvalue weighted by atomic mass is 9.95. The molecule has 0 aromatic heterocycles. The van der Waals surface area contributed by atoms with Gasteiger partial charge in [0.2, 0.25) is 0 Å². The smallest absolute Gasteiger partial charge is 0.251 e. The van der Waals surface area contributed by atoms with Crippen molar-refractivity contribution in [2.24, 2.45) is 5.92 Å². The molecule has 1 heterocycles. The van der Waals surface area contributed by atoms with Crippen LogP contribution in [-0.2, 0) is 0 Å². The van der Waals surface area contributed by atoms with Crippen molar-refractivity contribution in [1.82, 2.24) is 10.6 Å². The molecule has 3 nitrogen and oxygen atoms in total. The summed E-state index contributed by atoms with van der Waals surface area (Å²) in [5.41, 5.74) is 5.11. The van der Waals surface area contributed by atoms with Crippen molar-refractivity contribution >= 4 is 5.91 Å². The summed E-state index contributed by atoms with van der Waals surface area (Å²) in [5.74, 6) is 0.581. The Bertz CT molecular complexity index is 930. The van der Waals surface area contributed by atoms with Gasteiger partial charge in [-0.1, -0.05) is 66.7 Å². The average molecular weight is 370 g/mol. The highest BCUT2D eigenvalue weighted by Crippen LogP contribution is 2.28. The predicted molar refractivity (Wildman–Crippen MR) is 115 cm³/mol. The fourth-order valence-corrected chi connectivity index (χ4v) is 3.85. The third-order valence-electron chi connectivity index (χ3n) is 5.46. The van der Waals surface area contributed by atoms with Gasteiger partial charge in [0.1, 0.15) is 0 Å². The Morgan fingerprint density at radius 2 is 1.50 bits per heavy atom. The van der Waals surface area contributed by atoms with Crippen LogP contribution in [0.5, 0.6) is 0 Å². The molecule has 1 aliphatic rings. The van der Waals surface area contributed by atoms with Gasteiger partial charge in [0.05, 0.1) is 0 Å². The number of amides is 1. The monoisotopic (exact) mass is 370 g/mol. The lowest BCUT2D eigenvalue weighted by Crippen LogP contribution is -2.36. The van der Waals surface area contributed by atoms with E-state index in [1.54, 1.807) is 0 Å². The topological polar surface area (TPSA) is 41.1 Å². The molecule has 0 bridgehead atoms. The number of piperidine rings is 1. The van der Waals surface area contributed by atoms with Crippen molar-refractivity contribution in [3.05, 3.63) is 84.4 Å². The molecule has 28 heavy (non-hydrogen) atoms. The lowest BCUT2D eigenvalue weighted by Gasteiger charge is -2.23. The van der Waals surface area contributed by atoms with Crippen LogP contribution in [0.15, 0.2) is 78.9 Å². The fourth-order valence-electron chi connectivity index (χ4n) is 3.85. The Morgan fingerprint density at radius 1 is 0.821 bits per heavy atom. The lowest BCUT2D eigenvalue weighted by molar-refractivity contribution is 0.0945. The van der Waals surface area contributed by atoms with Crippen LogP contribution in [0.1, 0.15) is 23.2 Å². The molecule has 0 saturated carbocycles. The molecule has 3 heteroatoms. The van der Waals surface area contributed by atoms with E-state index in [9.17, 15) is 4.79 Å². The molecule has 0 unspecified atom stereocenters. The molecule has 0 atom stereocenters. The third kappa shape index (κ3) is 4.32. The maximum atomic E-state index is 12.9. The molecule has 4 rings (SSSR count). The average Bonchev–Trinajstić information content (AvgIpc) is 2.79. The van der Waals surface area contributed by atoms with Crippen molar-refractivity contribution in [3.63, 3.8) is 0 Å². The minimum absolute atomic E-state index is 0.0132. The first-order valence-corrected chi connectivity index (χ1v) is 10.0. The second-order valence-corrected chi connectivity index (χ2v) is 7.40. The molecule has 1 saturated heterocycles. The zero-order chi connectivity index (χ0) is 19.2. The van der Waals surface area contributed by atoms with Crippen LogP contribution in [0, 0.1) is 5.92 Å². The summed E-state index contributed by atoms with van der Waals surface area (Å²) in [4.78, 5) is 12.9. The Kier molecular flexibility index (Phi) is 5.83. The summed E-state index contributed by atoms with van der Waals surface area (Å²) in [6.45, 7) is 2.84. The van der Waals surface area contributed by atoms with Crippen molar-refractivity contribution in [1.29, 1.82) is 0 Å². The van der Waals surface area contributed by atoms with Gasteiger partial charge in [-0.05, 0) is 66.2 Å². The number of rotatable bonds is 5. The molecule has 142 valence electrons. The van der Waals surface area contributed by atoms with Crippen molar-refractivity contribution in [3.8, 4) is 22.3 Å². The molecule has 3 aromatic carbocycles. The third-order valence-corrected chi connectivity index (χ3v) is 5.46. The zero-order valence-electron chi connectivity index (χ0n) is 16.0. The zero-order valence-corrected chi connectivity index (χ0v) is 16.0. The first-order valence-electron chi connectivity index (χ1n) is 10.0. The number of carbonyl (C=O) groups is 1. The van der Waals surface area contributed by atoms with Crippen molar-refractivity contribution < 1.29 is 4.79 Å². The molecule has 1 fully saturated rings. The minimum atomic E-state index is 0.0132. The fraction of sp³-hybridized carbons (Fsp3) is 0.240. The standard InChI is InChI=1S/C25H26N2O/c28-25(27-18-19-13-15-26-16-14-19)24-12-5-4-11-23(24)22-10-6-9-21(17-22)20-7-2-1-3-8-20/h1-12,17,19,26H,13-16,18H2,(H,27,28). The Labute approximate surface area is 166 Å². The first-order chi connectivity index (χ1) is 13.8. The van der Waals surface area contributed by atoms with Crippen molar-refractivity contribution in [2.45, 2.75) is 12.8 Å². The summed E-state index contributed by atoms with van der Waals surface area (Å²) in [7, 11) is 0. The second-order valence-electron chi connectivity index (χ2n) is 7.40. The van der Waals surface area contributed by atoms with Gasteiger partial charge in [0, 0.05) is 12.1 Å². The number of carbonyl (C=O) groups excluding carboxylic acids is 1. The summed E-state index contributed by atoms with van der Waals surface area (Å²) >= 11 is 0. The van der Waals surface area contributed by atoms with E-state index in [0.717, 1.165) is 54.7 Å². The maximum absolute atomic E-state index is 12.9. The number of hydrogen-bond acceptors (Lipinski definition) is 2. The van der Waals surface area contributed by atoms with Crippen LogP contribution in [0.2, 0.25) is 0 Å². The van der Waals surface area contributed by atoms with Gasteiger partial charge < -0.3 is 10.6 Å². The van der Waals surface area contributed by atoms with Gasteiger partial charge >= 0.3 is 0 Å². The summed E-state index contributed by atoms with van der Waals surface area (Å²) in [6.07, 6.45) is 2.25. The van der Waals surface area contributed by atoms with E-state index in [1.165, 1.54) is 5.56 Å². The van der Waals surface area contributed by atoms with E-state index in [4.69, 9.17) is 0 Å². The highest BCUT2D eigenvalue weighted by atomic mass is 16.1. The van der Waals surface area contributed by atoms with Crippen LogP contribution < -0.4 is 10.6 Å². The normalized spacial score (nSPS) is 14.6. The van der Waals surface area contributed by atoms with Gasteiger partial charge in [-0.3, -0.25) is 4.79 Å². The molecule has 2 N–H and O–H groups in total. The van der Waals surface area contributed by atoms with E-state index in [1.807, 2.05) is 42.5 Å². The maximum Gasteiger partial charge on any atom is 0.251 e. The van der Waals surface area contributed by atoms with Crippen LogP contribution in [0.25, 0.3) is 22.3 Å². The van der Waals surface area contributed by atoms with E-state index in [2.05, 4.69) is 47.0 Å². The minimum Gasteiger partial charge on any atom is -0.352 e. The molecule has 0 aliphatic carbocycles. The summed E-state index contributed by atoms with van der Waals surface area (Å²) < 4.78 is 0. The Hall–Kier alpha value is -2.91. The van der Waals surface area contributed by atoms with Gasteiger partial charge in [-0.25, -0.2) is 0 Å². The molecule has 1 aliphatic heterocycles. The van der Waals surface area contributed by atoms with Crippen LogP contribution in [-0.4, -0.2) is 25.5 Å². The molecule has 0 spiro atoms. The second kappa shape index (κ2) is 8.85. The van der Waals surface area contributed by atoms with Crippen LogP contribution in [0.3, 0.4) is 0 Å².